The average Bonchev–Trinajstić information content (AvgIpc) is 2.61. The Labute approximate surface area is 79.1 Å². The van der Waals surface area contributed by atoms with E-state index in [4.69, 9.17) is 0 Å². The summed E-state index contributed by atoms with van der Waals surface area (Å²) in [7, 11) is 0. The van der Waals surface area contributed by atoms with Gasteiger partial charge < -0.3 is 5.32 Å². The molecule has 0 atom stereocenters. The molecule has 0 saturated carbocycles. The first-order valence-electron chi connectivity index (χ1n) is 3.76. The van der Waals surface area contributed by atoms with Gasteiger partial charge in [-0.2, -0.15) is 0 Å². The molecule has 1 heterocycles. The van der Waals surface area contributed by atoms with Crippen LogP contribution in [0.25, 0.3) is 0 Å². The van der Waals surface area contributed by atoms with E-state index >= 15 is 0 Å². The van der Waals surface area contributed by atoms with Crippen LogP contribution >= 0.6 is 11.3 Å². The van der Waals surface area contributed by atoms with E-state index in [0.29, 0.717) is 11.5 Å². The van der Waals surface area contributed by atoms with Gasteiger partial charge in [0.15, 0.2) is 0 Å². The van der Waals surface area contributed by atoms with Crippen molar-refractivity contribution in [2.45, 2.75) is 0 Å². The van der Waals surface area contributed by atoms with Crippen molar-refractivity contribution < 1.29 is 4.39 Å². The largest absolute Gasteiger partial charge is 0.337 e. The third-order valence-electron chi connectivity index (χ3n) is 1.57. The first-order valence-corrected chi connectivity index (χ1v) is 4.70. The molecule has 66 valence electrons. The molecule has 0 radical (unpaired) electrons. The molecule has 2 aromatic rings. The summed E-state index contributed by atoms with van der Waals surface area (Å²) in [5, 5.41) is 4.70. The molecule has 0 saturated heterocycles. The van der Waals surface area contributed by atoms with Gasteiger partial charge in [0.1, 0.15) is 11.6 Å². The molecule has 0 aliphatic heterocycles. The summed E-state index contributed by atoms with van der Waals surface area (Å²) < 4.78 is 13.1. The van der Waals surface area contributed by atoms with Crippen LogP contribution in [0.15, 0.2) is 35.2 Å². The summed E-state index contributed by atoms with van der Waals surface area (Å²) in [6, 6.07) is 6.52. The van der Waals surface area contributed by atoms with Crippen molar-refractivity contribution in [3.05, 3.63) is 41.0 Å². The summed E-state index contributed by atoms with van der Waals surface area (Å²) in [5.74, 6) is 0.408. The molecule has 1 aromatic heterocycles. The fourth-order valence-electron chi connectivity index (χ4n) is 0.975. The number of hydrogen-bond donors (Lipinski definition) is 1. The SMILES string of the molecule is Fc1ccccc1Nc1cscn1. The number of nitrogens with zero attached hydrogens (tertiary/aromatic N) is 1. The second-order valence-electron chi connectivity index (χ2n) is 2.48. The Hall–Kier alpha value is -1.42. The highest BCUT2D eigenvalue weighted by molar-refractivity contribution is 7.07. The van der Waals surface area contributed by atoms with Crippen LogP contribution in [0.2, 0.25) is 0 Å². The van der Waals surface area contributed by atoms with Crippen molar-refractivity contribution in [2.75, 3.05) is 5.32 Å². The molecule has 0 aliphatic carbocycles. The Bertz CT molecular complexity index is 386. The van der Waals surface area contributed by atoms with Crippen LogP contribution in [-0.4, -0.2) is 4.98 Å². The third kappa shape index (κ3) is 1.84. The number of rotatable bonds is 2. The molecule has 0 aliphatic rings. The fourth-order valence-corrected chi connectivity index (χ4v) is 1.46. The summed E-state index contributed by atoms with van der Waals surface area (Å²) in [4.78, 5) is 3.99. The van der Waals surface area contributed by atoms with E-state index in [9.17, 15) is 4.39 Å². The monoisotopic (exact) mass is 194 g/mol. The van der Waals surface area contributed by atoms with E-state index in [1.807, 2.05) is 5.38 Å². The molecule has 2 rings (SSSR count). The second kappa shape index (κ2) is 3.53. The summed E-state index contributed by atoms with van der Waals surface area (Å²) in [6.45, 7) is 0. The van der Waals surface area contributed by atoms with E-state index in [2.05, 4.69) is 10.3 Å². The maximum absolute atomic E-state index is 13.1. The number of thiazole rings is 1. The second-order valence-corrected chi connectivity index (χ2v) is 3.20. The Kier molecular flexibility index (Phi) is 2.23. The summed E-state index contributed by atoms with van der Waals surface area (Å²) in [6.07, 6.45) is 0. The van der Waals surface area contributed by atoms with Gasteiger partial charge in [0.2, 0.25) is 0 Å². The van der Waals surface area contributed by atoms with Crippen LogP contribution in [0.4, 0.5) is 15.9 Å². The third-order valence-corrected chi connectivity index (χ3v) is 2.16. The smallest absolute Gasteiger partial charge is 0.146 e. The molecule has 1 N–H and O–H groups in total. The molecule has 0 fully saturated rings. The van der Waals surface area contributed by atoms with Gasteiger partial charge in [0, 0.05) is 5.38 Å². The first-order chi connectivity index (χ1) is 6.36. The van der Waals surface area contributed by atoms with E-state index < -0.39 is 0 Å². The number of benzene rings is 1. The minimum absolute atomic E-state index is 0.268. The minimum atomic E-state index is -0.268. The molecule has 0 spiro atoms. The van der Waals surface area contributed by atoms with Gasteiger partial charge in [0.25, 0.3) is 0 Å². The van der Waals surface area contributed by atoms with Crippen LogP contribution in [0.5, 0.6) is 0 Å². The zero-order chi connectivity index (χ0) is 9.10. The molecule has 0 amide bonds. The van der Waals surface area contributed by atoms with Crippen molar-refractivity contribution in [2.24, 2.45) is 0 Å². The van der Waals surface area contributed by atoms with E-state index in [-0.39, 0.29) is 5.82 Å². The Balaban J connectivity index is 2.24. The van der Waals surface area contributed by atoms with Crippen LogP contribution in [0, 0.1) is 5.82 Å². The van der Waals surface area contributed by atoms with Gasteiger partial charge in [-0.25, -0.2) is 9.37 Å². The van der Waals surface area contributed by atoms with Crippen molar-refractivity contribution in [3.8, 4) is 0 Å². The molecule has 0 unspecified atom stereocenters. The van der Waals surface area contributed by atoms with Crippen molar-refractivity contribution in [1.29, 1.82) is 0 Å². The zero-order valence-electron chi connectivity index (χ0n) is 6.70. The molecule has 1 aromatic carbocycles. The van der Waals surface area contributed by atoms with E-state index in [0.717, 1.165) is 0 Å². The normalized spacial score (nSPS) is 9.92. The lowest BCUT2D eigenvalue weighted by atomic mass is 10.3. The van der Waals surface area contributed by atoms with Gasteiger partial charge in [-0.3, -0.25) is 0 Å². The van der Waals surface area contributed by atoms with Crippen LogP contribution in [0.3, 0.4) is 0 Å². The highest BCUT2D eigenvalue weighted by atomic mass is 32.1. The number of aromatic nitrogens is 1. The first kappa shape index (κ1) is 8.19. The summed E-state index contributed by atoms with van der Waals surface area (Å²) in [5.41, 5.74) is 2.15. The molecule has 4 heteroatoms. The van der Waals surface area contributed by atoms with E-state index in [1.165, 1.54) is 17.4 Å². The van der Waals surface area contributed by atoms with Crippen LogP contribution < -0.4 is 5.32 Å². The Morgan fingerprint density at radius 3 is 2.85 bits per heavy atom. The van der Waals surface area contributed by atoms with Crippen molar-refractivity contribution in [3.63, 3.8) is 0 Å². The van der Waals surface area contributed by atoms with Crippen LogP contribution in [0.1, 0.15) is 0 Å². The lowest BCUT2D eigenvalue weighted by molar-refractivity contribution is 0.632. The van der Waals surface area contributed by atoms with Gasteiger partial charge in [-0.05, 0) is 12.1 Å². The van der Waals surface area contributed by atoms with Gasteiger partial charge in [-0.15, -0.1) is 11.3 Å². The number of hydrogen-bond acceptors (Lipinski definition) is 3. The predicted molar refractivity (Wildman–Crippen MR) is 51.8 cm³/mol. The van der Waals surface area contributed by atoms with Crippen molar-refractivity contribution >= 4 is 22.8 Å². The highest BCUT2D eigenvalue weighted by Crippen LogP contribution is 2.18. The maximum atomic E-state index is 13.1. The number of halogens is 1. The topological polar surface area (TPSA) is 24.9 Å². The van der Waals surface area contributed by atoms with Gasteiger partial charge in [-0.1, -0.05) is 12.1 Å². The van der Waals surface area contributed by atoms with Crippen LogP contribution in [-0.2, 0) is 0 Å². The quantitative estimate of drug-likeness (QED) is 0.794. The van der Waals surface area contributed by atoms with E-state index in [1.54, 1.807) is 23.7 Å². The fraction of sp³-hybridized carbons (Fsp3) is 0. The Morgan fingerprint density at radius 1 is 1.31 bits per heavy atom. The zero-order valence-corrected chi connectivity index (χ0v) is 7.51. The molecule has 13 heavy (non-hydrogen) atoms. The average molecular weight is 194 g/mol. The van der Waals surface area contributed by atoms with Gasteiger partial charge in [0.05, 0.1) is 11.2 Å². The predicted octanol–water partition coefficient (Wildman–Crippen LogP) is 3.03. The molecule has 2 nitrogen and oxygen atoms in total. The maximum Gasteiger partial charge on any atom is 0.146 e. The highest BCUT2D eigenvalue weighted by Gasteiger charge is 2.00. The minimum Gasteiger partial charge on any atom is -0.337 e. The number of nitrogens with one attached hydrogen (secondary N) is 1. The Morgan fingerprint density at radius 2 is 2.15 bits per heavy atom. The lowest BCUT2D eigenvalue weighted by Gasteiger charge is -2.02. The number of anilines is 2. The molecular weight excluding hydrogens is 187 g/mol. The molecule has 0 bridgehead atoms. The summed E-state index contributed by atoms with van der Waals surface area (Å²) >= 11 is 1.47. The standard InChI is InChI=1S/C9H7FN2S/c10-7-3-1-2-4-8(7)12-9-5-13-6-11-9/h1-6,12H. The molecular formula is C9H7FN2S. The number of para-hydroxylation sites is 1. The lowest BCUT2D eigenvalue weighted by Crippen LogP contribution is -1.92. The van der Waals surface area contributed by atoms with Gasteiger partial charge >= 0.3 is 0 Å². The van der Waals surface area contributed by atoms with Crippen molar-refractivity contribution in [1.82, 2.24) is 4.98 Å².